The number of rotatable bonds is 6. The van der Waals surface area contributed by atoms with E-state index in [1.807, 2.05) is 7.05 Å². The number of hydrogen-bond acceptors (Lipinski definition) is 4. The Morgan fingerprint density at radius 2 is 2.25 bits per heavy atom. The lowest BCUT2D eigenvalue weighted by Crippen LogP contribution is -2.23. The van der Waals surface area contributed by atoms with Crippen LogP contribution in [0.25, 0.3) is 0 Å². The number of ether oxygens (including phenoxy) is 1. The summed E-state index contributed by atoms with van der Waals surface area (Å²) in [6.07, 6.45) is 1.08. The van der Waals surface area contributed by atoms with Gasteiger partial charge in [-0.1, -0.05) is 19.9 Å². The quantitative estimate of drug-likeness (QED) is 0.866. The fraction of sp³-hybridized carbons (Fsp3) is 0.688. The maximum Gasteiger partial charge on any atom is 0.0582 e. The molecule has 1 aromatic rings. The third-order valence-electron chi connectivity index (χ3n) is 3.89. The molecule has 1 unspecified atom stereocenters. The molecule has 0 amide bonds. The second kappa shape index (κ2) is 7.16. The highest BCUT2D eigenvalue weighted by Crippen LogP contribution is 2.29. The summed E-state index contributed by atoms with van der Waals surface area (Å²) in [6, 6.07) is 4.37. The van der Waals surface area contributed by atoms with Gasteiger partial charge in [-0.05, 0) is 31.0 Å². The Bertz CT molecular complexity index is 428. The van der Waals surface area contributed by atoms with Crippen molar-refractivity contribution in [2.24, 2.45) is 0 Å². The zero-order chi connectivity index (χ0) is 14.5. The lowest BCUT2D eigenvalue weighted by Gasteiger charge is -2.20. The summed E-state index contributed by atoms with van der Waals surface area (Å²) in [7, 11) is 2.02. The van der Waals surface area contributed by atoms with Crippen LogP contribution in [-0.4, -0.2) is 48.4 Å². The minimum atomic E-state index is 0.183. The van der Waals surface area contributed by atoms with Gasteiger partial charge in [-0.25, -0.2) is 0 Å². The van der Waals surface area contributed by atoms with Crippen molar-refractivity contribution in [1.82, 2.24) is 9.88 Å². The van der Waals surface area contributed by atoms with Gasteiger partial charge in [0.05, 0.1) is 18.9 Å². The van der Waals surface area contributed by atoms with E-state index in [1.165, 1.54) is 5.56 Å². The summed E-state index contributed by atoms with van der Waals surface area (Å²) >= 11 is 0. The number of nitrogens with zero attached hydrogens (tertiary/aromatic N) is 2. The molecule has 2 rings (SSSR count). The molecule has 1 fully saturated rings. The molecule has 1 aromatic heterocycles. The van der Waals surface area contributed by atoms with E-state index in [2.05, 4.69) is 30.9 Å². The Morgan fingerprint density at radius 3 is 2.85 bits per heavy atom. The van der Waals surface area contributed by atoms with Crippen LogP contribution in [0.4, 0.5) is 0 Å². The molecule has 1 aliphatic rings. The summed E-state index contributed by atoms with van der Waals surface area (Å²) < 4.78 is 5.52. The summed E-state index contributed by atoms with van der Waals surface area (Å²) in [5, 5.41) is 9.06. The average molecular weight is 278 g/mol. The van der Waals surface area contributed by atoms with Gasteiger partial charge in [-0.2, -0.15) is 0 Å². The minimum Gasteiger partial charge on any atom is -0.395 e. The lowest BCUT2D eigenvalue weighted by molar-refractivity contribution is 0.193. The van der Waals surface area contributed by atoms with E-state index in [0.717, 1.165) is 37.6 Å². The van der Waals surface area contributed by atoms with E-state index < -0.39 is 0 Å². The monoisotopic (exact) mass is 278 g/mol. The Balaban J connectivity index is 2.24. The van der Waals surface area contributed by atoms with Crippen molar-refractivity contribution in [2.45, 2.75) is 38.6 Å². The molecule has 0 aliphatic carbocycles. The SMILES string of the molecule is CC(C)c1ccc(C2CCOC2)c(CN(C)CCO)n1. The Morgan fingerprint density at radius 1 is 1.45 bits per heavy atom. The highest BCUT2D eigenvalue weighted by atomic mass is 16.5. The number of pyridine rings is 1. The third-order valence-corrected chi connectivity index (χ3v) is 3.89. The third kappa shape index (κ3) is 3.78. The molecular weight excluding hydrogens is 252 g/mol. The van der Waals surface area contributed by atoms with Gasteiger partial charge in [0.25, 0.3) is 0 Å². The van der Waals surface area contributed by atoms with Crippen LogP contribution < -0.4 is 0 Å². The number of likely N-dealkylation sites (N-methyl/N-ethyl adjacent to an activating group) is 1. The molecule has 1 N–H and O–H groups in total. The first-order valence-electron chi connectivity index (χ1n) is 7.48. The zero-order valence-electron chi connectivity index (χ0n) is 12.8. The molecule has 0 radical (unpaired) electrons. The Kier molecular flexibility index (Phi) is 5.52. The van der Waals surface area contributed by atoms with Crippen molar-refractivity contribution >= 4 is 0 Å². The molecule has 1 saturated heterocycles. The summed E-state index contributed by atoms with van der Waals surface area (Å²) in [5.74, 6) is 0.909. The highest BCUT2D eigenvalue weighted by molar-refractivity contribution is 5.28. The molecule has 1 atom stereocenters. The fourth-order valence-corrected chi connectivity index (χ4v) is 2.63. The number of aliphatic hydroxyl groups is 1. The van der Waals surface area contributed by atoms with Gasteiger partial charge in [0.2, 0.25) is 0 Å². The van der Waals surface area contributed by atoms with Crippen LogP contribution in [0, 0.1) is 0 Å². The van der Waals surface area contributed by atoms with Gasteiger partial charge in [-0.3, -0.25) is 9.88 Å². The largest absolute Gasteiger partial charge is 0.395 e. The van der Waals surface area contributed by atoms with Crippen LogP contribution in [0.3, 0.4) is 0 Å². The normalized spacial score (nSPS) is 19.2. The van der Waals surface area contributed by atoms with Crippen LogP contribution in [0.5, 0.6) is 0 Å². The molecule has 2 heterocycles. The number of hydrogen-bond donors (Lipinski definition) is 1. The van der Waals surface area contributed by atoms with E-state index in [1.54, 1.807) is 0 Å². The summed E-state index contributed by atoms with van der Waals surface area (Å²) in [4.78, 5) is 6.98. The maximum atomic E-state index is 9.06. The summed E-state index contributed by atoms with van der Waals surface area (Å²) in [6.45, 7) is 7.63. The van der Waals surface area contributed by atoms with Gasteiger partial charge in [0.1, 0.15) is 0 Å². The molecule has 20 heavy (non-hydrogen) atoms. The van der Waals surface area contributed by atoms with Crippen molar-refractivity contribution in [1.29, 1.82) is 0 Å². The summed E-state index contributed by atoms with van der Waals surface area (Å²) in [5.41, 5.74) is 3.60. The second-order valence-electron chi connectivity index (χ2n) is 5.95. The van der Waals surface area contributed by atoms with Crippen LogP contribution >= 0.6 is 0 Å². The highest BCUT2D eigenvalue weighted by Gasteiger charge is 2.22. The fourth-order valence-electron chi connectivity index (χ4n) is 2.63. The van der Waals surface area contributed by atoms with Crippen LogP contribution in [0.2, 0.25) is 0 Å². The van der Waals surface area contributed by atoms with Gasteiger partial charge in [0.15, 0.2) is 0 Å². The van der Waals surface area contributed by atoms with Crippen LogP contribution in [0.1, 0.15) is 49.1 Å². The predicted molar refractivity (Wildman–Crippen MR) is 79.9 cm³/mol. The average Bonchev–Trinajstić information content (AvgIpc) is 2.92. The van der Waals surface area contributed by atoms with E-state index in [-0.39, 0.29) is 6.61 Å². The van der Waals surface area contributed by atoms with E-state index in [0.29, 0.717) is 18.4 Å². The van der Waals surface area contributed by atoms with Crippen molar-refractivity contribution in [3.8, 4) is 0 Å². The van der Waals surface area contributed by atoms with E-state index >= 15 is 0 Å². The van der Waals surface area contributed by atoms with Crippen molar-refractivity contribution in [3.63, 3.8) is 0 Å². The van der Waals surface area contributed by atoms with Crippen molar-refractivity contribution < 1.29 is 9.84 Å². The van der Waals surface area contributed by atoms with Crippen molar-refractivity contribution in [3.05, 3.63) is 29.1 Å². The number of aliphatic hydroxyl groups excluding tert-OH is 1. The molecule has 0 spiro atoms. The van der Waals surface area contributed by atoms with Crippen LogP contribution in [-0.2, 0) is 11.3 Å². The first-order chi connectivity index (χ1) is 9.61. The molecule has 0 aromatic carbocycles. The minimum absolute atomic E-state index is 0.183. The van der Waals surface area contributed by atoms with Gasteiger partial charge in [0, 0.05) is 31.3 Å². The van der Waals surface area contributed by atoms with Gasteiger partial charge >= 0.3 is 0 Å². The molecule has 1 aliphatic heterocycles. The molecular formula is C16H26N2O2. The number of aromatic nitrogens is 1. The Labute approximate surface area is 121 Å². The first kappa shape index (κ1) is 15.4. The van der Waals surface area contributed by atoms with E-state index in [4.69, 9.17) is 14.8 Å². The topological polar surface area (TPSA) is 45.6 Å². The molecule has 0 bridgehead atoms. The lowest BCUT2D eigenvalue weighted by atomic mass is 9.95. The molecule has 112 valence electrons. The molecule has 0 saturated carbocycles. The molecule has 4 heteroatoms. The molecule has 4 nitrogen and oxygen atoms in total. The van der Waals surface area contributed by atoms with Gasteiger partial charge < -0.3 is 9.84 Å². The predicted octanol–water partition coefficient (Wildman–Crippen LogP) is 2.13. The van der Waals surface area contributed by atoms with Crippen molar-refractivity contribution in [2.75, 3.05) is 33.4 Å². The van der Waals surface area contributed by atoms with E-state index in [9.17, 15) is 0 Å². The standard InChI is InChI=1S/C16H26N2O2/c1-12(2)15-5-4-14(13-6-9-20-11-13)16(17-15)10-18(3)7-8-19/h4-5,12-13,19H,6-11H2,1-3H3. The van der Waals surface area contributed by atoms with Crippen LogP contribution in [0.15, 0.2) is 12.1 Å². The first-order valence-corrected chi connectivity index (χ1v) is 7.48. The second-order valence-corrected chi connectivity index (χ2v) is 5.95. The Hall–Kier alpha value is -0.970. The van der Waals surface area contributed by atoms with Gasteiger partial charge in [-0.15, -0.1) is 0 Å². The maximum absolute atomic E-state index is 9.06. The smallest absolute Gasteiger partial charge is 0.0582 e. The zero-order valence-corrected chi connectivity index (χ0v) is 12.8.